The molecule has 3 aliphatic rings. The van der Waals surface area contributed by atoms with E-state index < -0.39 is 11.7 Å². The molecular formula is C19H21F3N4. The summed E-state index contributed by atoms with van der Waals surface area (Å²) in [5.74, 6) is 0.784. The van der Waals surface area contributed by atoms with E-state index in [0.717, 1.165) is 42.4 Å². The molecule has 3 saturated heterocycles. The van der Waals surface area contributed by atoms with E-state index >= 15 is 0 Å². The van der Waals surface area contributed by atoms with Gasteiger partial charge in [0.1, 0.15) is 0 Å². The van der Waals surface area contributed by atoms with Crippen molar-refractivity contribution in [1.29, 1.82) is 0 Å². The van der Waals surface area contributed by atoms with E-state index in [0.29, 0.717) is 18.6 Å². The van der Waals surface area contributed by atoms with Crippen molar-refractivity contribution < 1.29 is 13.2 Å². The Balaban J connectivity index is 1.41. The molecule has 138 valence electrons. The average Bonchev–Trinajstić information content (AvgIpc) is 2.58. The summed E-state index contributed by atoms with van der Waals surface area (Å²) >= 11 is 0. The van der Waals surface area contributed by atoms with Crippen molar-refractivity contribution >= 4 is 5.95 Å². The van der Waals surface area contributed by atoms with Gasteiger partial charge in [-0.15, -0.1) is 0 Å². The molecule has 4 nitrogen and oxygen atoms in total. The number of alkyl halides is 3. The van der Waals surface area contributed by atoms with Crippen LogP contribution in [0.25, 0.3) is 0 Å². The summed E-state index contributed by atoms with van der Waals surface area (Å²) in [6.07, 6.45) is -3.15. The van der Waals surface area contributed by atoms with Crippen LogP contribution in [0.5, 0.6) is 0 Å². The standard InChI is InChI=1S/C19H21F3N4/c1-12-7-13(2)24-18(23-12)25-10-16-8-17(11-25)26(16)9-14-3-5-15(6-4-14)19(20,21)22/h3-7,16-17H,8-11H2,1-2H3. The van der Waals surface area contributed by atoms with Crippen molar-refractivity contribution in [2.24, 2.45) is 0 Å². The normalized spacial score (nSPS) is 23.0. The zero-order chi connectivity index (χ0) is 18.5. The van der Waals surface area contributed by atoms with E-state index in [9.17, 15) is 13.2 Å². The number of halogens is 3. The van der Waals surface area contributed by atoms with Gasteiger partial charge < -0.3 is 4.90 Å². The van der Waals surface area contributed by atoms with Crippen LogP contribution in [0.1, 0.15) is 28.9 Å². The van der Waals surface area contributed by atoms with Gasteiger partial charge in [-0.25, -0.2) is 9.97 Å². The van der Waals surface area contributed by atoms with Crippen molar-refractivity contribution in [2.45, 2.75) is 45.1 Å². The van der Waals surface area contributed by atoms with Gasteiger partial charge in [0.15, 0.2) is 0 Å². The zero-order valence-corrected chi connectivity index (χ0v) is 14.8. The van der Waals surface area contributed by atoms with Crippen LogP contribution in [-0.4, -0.2) is 40.0 Å². The minimum atomic E-state index is -4.28. The number of nitrogens with zero attached hydrogens (tertiary/aromatic N) is 4. The molecule has 4 heterocycles. The highest BCUT2D eigenvalue weighted by Gasteiger charge is 2.45. The lowest BCUT2D eigenvalue weighted by molar-refractivity contribution is -0.137. The number of hydrogen-bond donors (Lipinski definition) is 0. The van der Waals surface area contributed by atoms with Crippen LogP contribution in [-0.2, 0) is 12.7 Å². The summed E-state index contributed by atoms with van der Waals surface area (Å²) < 4.78 is 38.0. The number of aromatic nitrogens is 2. The number of aryl methyl sites for hydroxylation is 2. The predicted molar refractivity (Wildman–Crippen MR) is 92.9 cm³/mol. The van der Waals surface area contributed by atoms with E-state index in [2.05, 4.69) is 19.8 Å². The molecular weight excluding hydrogens is 341 g/mol. The van der Waals surface area contributed by atoms with Crippen LogP contribution in [0, 0.1) is 13.8 Å². The lowest BCUT2D eigenvalue weighted by atomic mass is 9.87. The first-order valence-electron chi connectivity index (χ1n) is 8.79. The van der Waals surface area contributed by atoms with Gasteiger partial charge in [0, 0.05) is 43.1 Å². The number of hydrogen-bond acceptors (Lipinski definition) is 4. The Bertz CT molecular complexity index is 771. The lowest BCUT2D eigenvalue weighted by Crippen LogP contribution is -2.68. The lowest BCUT2D eigenvalue weighted by Gasteiger charge is -2.56. The Morgan fingerprint density at radius 2 is 1.58 bits per heavy atom. The van der Waals surface area contributed by atoms with Gasteiger partial charge in [0.2, 0.25) is 5.95 Å². The van der Waals surface area contributed by atoms with Crippen LogP contribution in [0.2, 0.25) is 0 Å². The van der Waals surface area contributed by atoms with Gasteiger partial charge in [-0.2, -0.15) is 13.2 Å². The van der Waals surface area contributed by atoms with Gasteiger partial charge in [0.05, 0.1) is 5.56 Å². The largest absolute Gasteiger partial charge is 0.416 e. The van der Waals surface area contributed by atoms with Gasteiger partial charge in [-0.05, 0) is 44.0 Å². The number of benzene rings is 1. The summed E-state index contributed by atoms with van der Waals surface area (Å²) in [7, 11) is 0. The Morgan fingerprint density at radius 1 is 1.00 bits per heavy atom. The van der Waals surface area contributed by atoms with Crippen molar-refractivity contribution in [3.63, 3.8) is 0 Å². The smallest absolute Gasteiger partial charge is 0.338 e. The average molecular weight is 362 g/mol. The molecule has 7 heteroatoms. The van der Waals surface area contributed by atoms with Crippen molar-refractivity contribution in [2.75, 3.05) is 18.0 Å². The van der Waals surface area contributed by atoms with Crippen LogP contribution < -0.4 is 4.90 Å². The fourth-order valence-corrected chi connectivity index (χ4v) is 3.97. The topological polar surface area (TPSA) is 32.3 Å². The molecule has 26 heavy (non-hydrogen) atoms. The first kappa shape index (κ1) is 17.3. The number of piperidine rings is 1. The molecule has 2 atom stereocenters. The number of rotatable bonds is 3. The third kappa shape index (κ3) is 3.28. The van der Waals surface area contributed by atoms with E-state index in [1.165, 1.54) is 12.1 Å². The van der Waals surface area contributed by atoms with Crippen LogP contribution >= 0.6 is 0 Å². The Hall–Kier alpha value is -2.15. The first-order valence-corrected chi connectivity index (χ1v) is 8.79. The highest BCUT2D eigenvalue weighted by molar-refractivity contribution is 5.36. The summed E-state index contributed by atoms with van der Waals surface area (Å²) in [6, 6.07) is 8.27. The second-order valence-corrected chi connectivity index (χ2v) is 7.27. The van der Waals surface area contributed by atoms with Crippen molar-refractivity contribution in [3.8, 4) is 0 Å². The molecule has 2 bridgehead atoms. The van der Waals surface area contributed by atoms with Crippen LogP contribution in [0.3, 0.4) is 0 Å². The number of anilines is 1. The maximum Gasteiger partial charge on any atom is 0.416 e. The molecule has 0 N–H and O–H groups in total. The molecule has 2 aromatic rings. The third-order valence-corrected chi connectivity index (χ3v) is 5.24. The van der Waals surface area contributed by atoms with Crippen LogP contribution in [0.4, 0.5) is 19.1 Å². The Morgan fingerprint density at radius 3 is 2.12 bits per heavy atom. The molecule has 3 fully saturated rings. The molecule has 0 spiro atoms. The SMILES string of the molecule is Cc1cc(C)nc(N2CC3CC(C2)N3Cc2ccc(C(F)(F)F)cc2)n1. The van der Waals surface area contributed by atoms with Gasteiger partial charge >= 0.3 is 6.18 Å². The minimum absolute atomic E-state index is 0.403. The highest BCUT2D eigenvalue weighted by Crippen LogP contribution is 2.35. The summed E-state index contributed by atoms with van der Waals surface area (Å²) in [5.41, 5.74) is 2.26. The van der Waals surface area contributed by atoms with E-state index in [1.807, 2.05) is 19.9 Å². The number of piperazine rings is 1. The van der Waals surface area contributed by atoms with Crippen molar-refractivity contribution in [3.05, 3.63) is 52.8 Å². The maximum atomic E-state index is 12.7. The van der Waals surface area contributed by atoms with Gasteiger partial charge in [0.25, 0.3) is 0 Å². The van der Waals surface area contributed by atoms with E-state index in [1.54, 1.807) is 12.1 Å². The second-order valence-electron chi connectivity index (χ2n) is 7.27. The molecule has 2 unspecified atom stereocenters. The first-order chi connectivity index (χ1) is 12.3. The molecule has 5 rings (SSSR count). The molecule has 0 radical (unpaired) electrons. The highest BCUT2D eigenvalue weighted by atomic mass is 19.4. The molecule has 1 aromatic heterocycles. The Kier molecular flexibility index (Phi) is 4.14. The van der Waals surface area contributed by atoms with Gasteiger partial charge in [-0.3, -0.25) is 4.90 Å². The van der Waals surface area contributed by atoms with Crippen LogP contribution in [0.15, 0.2) is 30.3 Å². The fraction of sp³-hybridized carbons (Fsp3) is 0.474. The van der Waals surface area contributed by atoms with E-state index in [4.69, 9.17) is 0 Å². The fourth-order valence-electron chi connectivity index (χ4n) is 3.97. The minimum Gasteiger partial charge on any atom is -0.338 e. The summed E-state index contributed by atoms with van der Waals surface area (Å²) in [5, 5.41) is 0. The zero-order valence-electron chi connectivity index (χ0n) is 14.8. The summed E-state index contributed by atoms with van der Waals surface area (Å²) in [6.45, 7) is 6.36. The second kappa shape index (κ2) is 6.23. The van der Waals surface area contributed by atoms with Gasteiger partial charge in [-0.1, -0.05) is 12.1 Å². The van der Waals surface area contributed by atoms with E-state index in [-0.39, 0.29) is 0 Å². The monoisotopic (exact) mass is 362 g/mol. The molecule has 0 amide bonds. The molecule has 3 aliphatic heterocycles. The third-order valence-electron chi connectivity index (χ3n) is 5.24. The maximum absolute atomic E-state index is 12.7. The Labute approximate surface area is 150 Å². The molecule has 0 aliphatic carbocycles. The molecule has 1 aromatic carbocycles. The van der Waals surface area contributed by atoms with Crippen molar-refractivity contribution in [1.82, 2.24) is 14.9 Å². The predicted octanol–water partition coefficient (Wildman–Crippen LogP) is 3.58. The number of fused-ring (bicyclic) bond motifs is 2. The quantitative estimate of drug-likeness (QED) is 0.836. The molecule has 0 saturated carbocycles. The summed E-state index contributed by atoms with van der Waals surface area (Å²) in [4.78, 5) is 13.7.